The van der Waals surface area contributed by atoms with E-state index in [9.17, 15) is 13.2 Å². The van der Waals surface area contributed by atoms with Gasteiger partial charge in [-0.2, -0.15) is 24.9 Å². The first-order chi connectivity index (χ1) is 7.82. The molecule has 0 saturated heterocycles. The van der Waals surface area contributed by atoms with Crippen LogP contribution >= 0.6 is 23.4 Å². The number of aromatic nitrogens is 2. The van der Waals surface area contributed by atoms with Crippen LogP contribution in [0.4, 0.5) is 19.0 Å². The highest BCUT2D eigenvalue weighted by atomic mass is 35.5. The van der Waals surface area contributed by atoms with Gasteiger partial charge in [0.05, 0.1) is 0 Å². The molecule has 0 aliphatic carbocycles. The molecule has 1 heterocycles. The van der Waals surface area contributed by atoms with Crippen molar-refractivity contribution < 1.29 is 13.2 Å². The second-order valence-electron chi connectivity index (χ2n) is 3.32. The zero-order valence-electron chi connectivity index (χ0n) is 9.18. The average Bonchev–Trinajstić information content (AvgIpc) is 2.24. The van der Waals surface area contributed by atoms with Gasteiger partial charge in [-0.3, -0.25) is 0 Å². The third kappa shape index (κ3) is 4.59. The number of alkyl halides is 3. The van der Waals surface area contributed by atoms with E-state index >= 15 is 0 Å². The highest BCUT2D eigenvalue weighted by Gasteiger charge is 2.35. The van der Waals surface area contributed by atoms with E-state index < -0.39 is 12.0 Å². The smallest absolute Gasteiger partial charge is 0.369 e. The fraction of sp³-hybridized carbons (Fsp3) is 0.556. The Morgan fingerprint density at radius 3 is 2.65 bits per heavy atom. The van der Waals surface area contributed by atoms with E-state index in [-0.39, 0.29) is 16.2 Å². The van der Waals surface area contributed by atoms with E-state index in [4.69, 9.17) is 11.6 Å². The summed E-state index contributed by atoms with van der Waals surface area (Å²) in [6.45, 7) is 2.46. The molecule has 3 nitrogen and oxygen atoms in total. The van der Waals surface area contributed by atoms with Gasteiger partial charge in [0.1, 0.15) is 11.0 Å². The summed E-state index contributed by atoms with van der Waals surface area (Å²) in [6.07, 6.45) is -2.67. The van der Waals surface area contributed by atoms with Crippen molar-refractivity contribution in [2.45, 2.75) is 18.3 Å². The van der Waals surface area contributed by atoms with E-state index in [1.165, 1.54) is 6.07 Å². The van der Waals surface area contributed by atoms with E-state index in [1.807, 2.05) is 13.2 Å². The zero-order valence-corrected chi connectivity index (χ0v) is 10.7. The highest BCUT2D eigenvalue weighted by Crippen LogP contribution is 2.28. The van der Waals surface area contributed by atoms with Gasteiger partial charge >= 0.3 is 6.18 Å². The second kappa shape index (κ2) is 5.77. The fourth-order valence-electron chi connectivity index (χ4n) is 0.967. The molecule has 0 saturated carbocycles. The molecular weight excluding hydrogens is 275 g/mol. The molecule has 0 aliphatic rings. The first-order valence-electron chi connectivity index (χ1n) is 4.71. The lowest BCUT2D eigenvalue weighted by Crippen LogP contribution is -2.17. The minimum Gasteiger partial charge on any atom is -0.369 e. The Hall–Kier alpha value is -0.690. The van der Waals surface area contributed by atoms with Crippen LogP contribution in [-0.4, -0.2) is 28.0 Å². The molecule has 96 valence electrons. The van der Waals surface area contributed by atoms with Gasteiger partial charge in [-0.05, 0) is 6.26 Å². The summed E-state index contributed by atoms with van der Waals surface area (Å²) in [6, 6.07) is 1.27. The lowest BCUT2D eigenvalue weighted by Gasteiger charge is -2.12. The average molecular weight is 286 g/mol. The maximum Gasteiger partial charge on any atom is 0.451 e. The number of hydrogen-bond donors (Lipinski definition) is 1. The molecule has 0 amide bonds. The monoisotopic (exact) mass is 285 g/mol. The number of halogens is 4. The Labute approximate surface area is 106 Å². The lowest BCUT2D eigenvalue weighted by atomic mass is 10.4. The summed E-state index contributed by atoms with van der Waals surface area (Å²) in [5.41, 5.74) is 0. The molecule has 1 unspecified atom stereocenters. The van der Waals surface area contributed by atoms with Crippen LogP contribution < -0.4 is 5.32 Å². The van der Waals surface area contributed by atoms with Crippen molar-refractivity contribution in [3.05, 3.63) is 17.0 Å². The summed E-state index contributed by atoms with van der Waals surface area (Å²) in [5.74, 6) is -1.15. The maximum absolute atomic E-state index is 12.4. The fourth-order valence-corrected chi connectivity index (χ4v) is 1.40. The van der Waals surface area contributed by atoms with Gasteiger partial charge in [-0.1, -0.05) is 18.5 Å². The van der Waals surface area contributed by atoms with Crippen molar-refractivity contribution in [3.63, 3.8) is 0 Å². The van der Waals surface area contributed by atoms with Crippen LogP contribution in [0.15, 0.2) is 6.07 Å². The molecule has 1 aromatic rings. The van der Waals surface area contributed by atoms with Crippen LogP contribution in [0.25, 0.3) is 0 Å². The Bertz CT molecular complexity index is 386. The minimum absolute atomic E-state index is 0.0817. The van der Waals surface area contributed by atoms with Crippen molar-refractivity contribution in [2.24, 2.45) is 0 Å². The SMILES string of the molecule is CSC(C)CNc1cc(Cl)nc(C(F)(F)F)n1. The molecule has 0 radical (unpaired) electrons. The number of rotatable bonds is 4. The summed E-state index contributed by atoms with van der Waals surface area (Å²) >= 11 is 7.11. The predicted octanol–water partition coefficient (Wildman–Crippen LogP) is 3.31. The minimum atomic E-state index is -4.59. The Morgan fingerprint density at radius 1 is 1.47 bits per heavy atom. The summed E-state index contributed by atoms with van der Waals surface area (Å²) < 4.78 is 37.2. The lowest BCUT2D eigenvalue weighted by molar-refractivity contribution is -0.144. The van der Waals surface area contributed by atoms with Gasteiger partial charge in [0.25, 0.3) is 0 Å². The third-order valence-electron chi connectivity index (χ3n) is 1.92. The van der Waals surface area contributed by atoms with Crippen LogP contribution in [0.2, 0.25) is 5.15 Å². The molecule has 8 heteroatoms. The van der Waals surface area contributed by atoms with E-state index in [0.29, 0.717) is 6.54 Å². The number of hydrogen-bond acceptors (Lipinski definition) is 4. The van der Waals surface area contributed by atoms with Gasteiger partial charge in [0, 0.05) is 17.9 Å². The van der Waals surface area contributed by atoms with Crippen molar-refractivity contribution in [1.29, 1.82) is 0 Å². The largest absolute Gasteiger partial charge is 0.451 e. The normalized spacial score (nSPS) is 13.5. The Balaban J connectivity index is 2.83. The quantitative estimate of drug-likeness (QED) is 0.861. The van der Waals surface area contributed by atoms with Crippen LogP contribution in [0.5, 0.6) is 0 Å². The molecule has 1 N–H and O–H groups in total. The first kappa shape index (κ1) is 14.4. The van der Waals surface area contributed by atoms with Crippen molar-refractivity contribution in [1.82, 2.24) is 9.97 Å². The molecule has 0 spiro atoms. The first-order valence-corrected chi connectivity index (χ1v) is 6.38. The Morgan fingerprint density at radius 2 is 2.12 bits per heavy atom. The standard InChI is InChI=1S/C9H11ClF3N3S/c1-5(17-2)4-14-7-3-6(10)15-8(16-7)9(11,12)13/h3,5H,4H2,1-2H3,(H,14,15,16). The van der Waals surface area contributed by atoms with E-state index in [2.05, 4.69) is 15.3 Å². The highest BCUT2D eigenvalue weighted by molar-refractivity contribution is 7.99. The van der Waals surface area contributed by atoms with Crippen LogP contribution in [0, 0.1) is 0 Å². The van der Waals surface area contributed by atoms with E-state index in [0.717, 1.165) is 0 Å². The van der Waals surface area contributed by atoms with Crippen LogP contribution in [0.1, 0.15) is 12.7 Å². The van der Waals surface area contributed by atoms with Crippen LogP contribution in [0.3, 0.4) is 0 Å². The van der Waals surface area contributed by atoms with Gasteiger partial charge in [-0.25, -0.2) is 9.97 Å². The molecule has 17 heavy (non-hydrogen) atoms. The molecule has 0 aromatic carbocycles. The van der Waals surface area contributed by atoms with Gasteiger partial charge in [0.2, 0.25) is 5.82 Å². The van der Waals surface area contributed by atoms with Gasteiger partial charge in [0.15, 0.2) is 0 Å². The van der Waals surface area contributed by atoms with E-state index in [1.54, 1.807) is 11.8 Å². The topological polar surface area (TPSA) is 37.8 Å². The van der Waals surface area contributed by atoms with Crippen molar-refractivity contribution >= 4 is 29.2 Å². The molecule has 1 aromatic heterocycles. The maximum atomic E-state index is 12.4. The second-order valence-corrected chi connectivity index (χ2v) is 4.99. The predicted molar refractivity (Wildman–Crippen MR) is 63.5 cm³/mol. The third-order valence-corrected chi connectivity index (χ3v) is 3.09. The number of thioether (sulfide) groups is 1. The molecule has 1 atom stereocenters. The zero-order chi connectivity index (χ0) is 13.1. The van der Waals surface area contributed by atoms with Crippen molar-refractivity contribution in [3.8, 4) is 0 Å². The summed E-state index contributed by atoms with van der Waals surface area (Å²) in [7, 11) is 0. The number of nitrogens with one attached hydrogen (secondary N) is 1. The molecular formula is C9H11ClF3N3S. The van der Waals surface area contributed by atoms with Gasteiger partial charge in [-0.15, -0.1) is 0 Å². The van der Waals surface area contributed by atoms with Crippen LogP contribution in [-0.2, 0) is 6.18 Å². The molecule has 1 rings (SSSR count). The molecule has 0 aliphatic heterocycles. The molecule has 0 bridgehead atoms. The Kier molecular flexibility index (Phi) is 4.88. The molecule has 0 fully saturated rings. The van der Waals surface area contributed by atoms with Gasteiger partial charge < -0.3 is 5.32 Å². The summed E-state index contributed by atoms with van der Waals surface area (Å²) in [5, 5.41) is 2.82. The van der Waals surface area contributed by atoms with Crippen molar-refractivity contribution in [2.75, 3.05) is 18.1 Å². The number of anilines is 1. The number of nitrogens with zero attached hydrogens (tertiary/aromatic N) is 2. The summed E-state index contributed by atoms with van der Waals surface area (Å²) in [4.78, 5) is 6.51.